The molecule has 4 heteroatoms. The van der Waals surface area contributed by atoms with E-state index in [2.05, 4.69) is 124 Å². The predicted octanol–water partition coefficient (Wildman–Crippen LogP) is 10.6. The van der Waals surface area contributed by atoms with Gasteiger partial charge in [-0.05, 0) is 71.9 Å². The second kappa shape index (κ2) is 11.2. The molecule has 4 aromatic carbocycles. The number of unbranched alkanes of at least 4 members (excludes halogenated alkanes) is 1. The number of phenolic OH excluding ortho intramolecular Hbond substituents is 2. The Kier molecular flexibility index (Phi) is 7.57. The predicted molar refractivity (Wildman–Crippen MR) is 185 cm³/mol. The van der Waals surface area contributed by atoms with Gasteiger partial charge in [0.25, 0.3) is 0 Å². The first-order valence-electron chi connectivity index (χ1n) is 15.8. The number of para-hydroxylation sites is 2. The monoisotopic (exact) mass is 584 g/mol. The molecule has 0 saturated heterocycles. The first kappa shape index (κ1) is 29.6. The van der Waals surface area contributed by atoms with E-state index >= 15 is 0 Å². The van der Waals surface area contributed by atoms with Crippen molar-refractivity contribution in [2.24, 2.45) is 0 Å². The molecule has 226 valence electrons. The normalized spacial score (nSPS) is 12.4. The number of hydrogen-bond acceptors (Lipinski definition) is 2. The Morgan fingerprint density at radius 1 is 0.523 bits per heavy atom. The minimum absolute atomic E-state index is 0.175. The van der Waals surface area contributed by atoms with Crippen molar-refractivity contribution in [1.29, 1.82) is 0 Å². The molecule has 0 fully saturated rings. The molecule has 0 radical (unpaired) electrons. The molecule has 6 aromatic rings. The zero-order chi connectivity index (χ0) is 31.2. The summed E-state index contributed by atoms with van der Waals surface area (Å²) in [5.74, 6) is 0.787. The number of fused-ring (bicyclic) bond motifs is 2. The van der Waals surface area contributed by atoms with Crippen molar-refractivity contribution in [3.05, 3.63) is 107 Å². The third-order valence-electron chi connectivity index (χ3n) is 8.93. The number of aromatic hydroxyl groups is 2. The van der Waals surface area contributed by atoms with E-state index in [1.807, 2.05) is 12.1 Å². The van der Waals surface area contributed by atoms with Gasteiger partial charge < -0.3 is 20.2 Å². The summed E-state index contributed by atoms with van der Waals surface area (Å²) in [6, 6.07) is 29.4. The maximum atomic E-state index is 11.6. The van der Waals surface area contributed by atoms with Crippen LogP contribution in [0, 0.1) is 0 Å². The molecule has 0 aliphatic carbocycles. The molecule has 2 aromatic heterocycles. The number of aromatic amines is 2. The lowest BCUT2D eigenvalue weighted by atomic mass is 9.82. The Bertz CT molecular complexity index is 1750. The number of hydrogen-bond donors (Lipinski definition) is 4. The highest BCUT2D eigenvalue weighted by Gasteiger charge is 2.25. The van der Waals surface area contributed by atoms with Crippen LogP contribution in [0.15, 0.2) is 84.9 Å². The minimum Gasteiger partial charge on any atom is -0.507 e. The first-order chi connectivity index (χ1) is 20.9. The van der Waals surface area contributed by atoms with E-state index in [9.17, 15) is 10.2 Å². The SMILES string of the molecule is CC(C)(C)c1ccc(-c2cc3ccccc3[nH]2)c(CCCCc2c(-c3cc4ccccc4[nH]3)ccc(C(C)(C)C)c2O)c1O. The number of aromatic nitrogens is 2. The van der Waals surface area contributed by atoms with Gasteiger partial charge in [-0.2, -0.15) is 0 Å². The van der Waals surface area contributed by atoms with Crippen molar-refractivity contribution in [1.82, 2.24) is 9.97 Å². The van der Waals surface area contributed by atoms with Crippen molar-refractivity contribution in [3.63, 3.8) is 0 Å². The van der Waals surface area contributed by atoms with E-state index in [0.717, 1.165) is 92.3 Å². The van der Waals surface area contributed by atoms with Gasteiger partial charge in [-0.3, -0.25) is 0 Å². The van der Waals surface area contributed by atoms with E-state index in [1.54, 1.807) is 0 Å². The largest absolute Gasteiger partial charge is 0.507 e. The number of rotatable bonds is 7. The van der Waals surface area contributed by atoms with Crippen LogP contribution in [0.1, 0.15) is 76.6 Å². The summed E-state index contributed by atoms with van der Waals surface area (Å²) in [4.78, 5) is 7.14. The lowest BCUT2D eigenvalue weighted by molar-refractivity contribution is 0.436. The molecule has 4 N–H and O–H groups in total. The van der Waals surface area contributed by atoms with Crippen LogP contribution in [0.3, 0.4) is 0 Å². The molecule has 0 saturated carbocycles. The van der Waals surface area contributed by atoms with Crippen molar-refractivity contribution >= 4 is 21.8 Å². The Labute approximate surface area is 260 Å². The van der Waals surface area contributed by atoms with E-state index in [1.165, 1.54) is 0 Å². The number of nitrogens with one attached hydrogen (secondary N) is 2. The molecule has 0 aliphatic rings. The third kappa shape index (κ3) is 5.61. The van der Waals surface area contributed by atoms with Crippen LogP contribution in [0.5, 0.6) is 11.5 Å². The van der Waals surface area contributed by atoms with Crippen LogP contribution >= 0.6 is 0 Å². The molecule has 0 amide bonds. The first-order valence-corrected chi connectivity index (χ1v) is 15.8. The van der Waals surface area contributed by atoms with Gasteiger partial charge in [0.15, 0.2) is 0 Å². The van der Waals surface area contributed by atoms with Gasteiger partial charge >= 0.3 is 0 Å². The summed E-state index contributed by atoms with van der Waals surface area (Å²) in [6.07, 6.45) is 3.23. The second-order valence-electron chi connectivity index (χ2n) is 14.2. The maximum Gasteiger partial charge on any atom is 0.123 e. The summed E-state index contributed by atoms with van der Waals surface area (Å²) in [7, 11) is 0. The van der Waals surface area contributed by atoms with Crippen LogP contribution < -0.4 is 0 Å². The molecular weight excluding hydrogens is 540 g/mol. The Balaban J connectivity index is 1.32. The number of benzene rings is 4. The Morgan fingerprint density at radius 2 is 0.909 bits per heavy atom. The summed E-state index contributed by atoms with van der Waals surface area (Å²) in [5, 5.41) is 25.6. The van der Waals surface area contributed by atoms with Gasteiger partial charge in [-0.25, -0.2) is 0 Å². The van der Waals surface area contributed by atoms with Crippen LogP contribution in [0.25, 0.3) is 44.3 Å². The maximum absolute atomic E-state index is 11.6. The summed E-state index contributed by atoms with van der Waals surface area (Å²) < 4.78 is 0. The number of H-pyrrole nitrogens is 2. The third-order valence-corrected chi connectivity index (χ3v) is 8.93. The van der Waals surface area contributed by atoms with Crippen molar-refractivity contribution < 1.29 is 10.2 Å². The molecule has 0 aliphatic heterocycles. The smallest absolute Gasteiger partial charge is 0.123 e. The van der Waals surface area contributed by atoms with Crippen molar-refractivity contribution in [2.45, 2.75) is 78.1 Å². The lowest BCUT2D eigenvalue weighted by Gasteiger charge is -2.24. The fourth-order valence-corrected chi connectivity index (χ4v) is 6.53. The van der Waals surface area contributed by atoms with Gasteiger partial charge in [0.2, 0.25) is 0 Å². The fourth-order valence-electron chi connectivity index (χ4n) is 6.53. The average Bonchev–Trinajstić information content (AvgIpc) is 3.59. The zero-order valence-corrected chi connectivity index (χ0v) is 26.8. The lowest BCUT2D eigenvalue weighted by Crippen LogP contribution is -2.13. The molecule has 0 unspecified atom stereocenters. The molecule has 2 heterocycles. The van der Waals surface area contributed by atoms with Crippen LogP contribution in [-0.2, 0) is 23.7 Å². The highest BCUT2D eigenvalue weighted by Crippen LogP contribution is 2.42. The standard InChI is InChI=1S/C40H44N2O2/c1-39(2,3)31-21-19-27(35-23-25-13-7-11-17-33(25)41-35)29(37(31)43)15-9-10-16-30-28(20-22-32(38(30)44)40(4,5)6)36-24-26-14-8-12-18-34(26)42-36/h7-8,11-14,17-24,41-44H,9-10,15-16H2,1-6H3. The molecule has 0 bridgehead atoms. The summed E-state index contributed by atoms with van der Waals surface area (Å²) >= 11 is 0. The summed E-state index contributed by atoms with van der Waals surface area (Å²) in [5.41, 5.74) is 9.84. The Hall–Kier alpha value is -4.44. The summed E-state index contributed by atoms with van der Waals surface area (Å²) in [6.45, 7) is 12.9. The van der Waals surface area contributed by atoms with E-state index in [4.69, 9.17) is 0 Å². The van der Waals surface area contributed by atoms with Gasteiger partial charge in [0, 0.05) is 55.4 Å². The molecule has 44 heavy (non-hydrogen) atoms. The highest BCUT2D eigenvalue weighted by molar-refractivity contribution is 5.88. The van der Waals surface area contributed by atoms with Gasteiger partial charge in [-0.1, -0.05) is 102 Å². The quantitative estimate of drug-likeness (QED) is 0.141. The van der Waals surface area contributed by atoms with Gasteiger partial charge in [0.05, 0.1) is 0 Å². The number of phenols is 2. The molecular formula is C40H44N2O2. The highest BCUT2D eigenvalue weighted by atomic mass is 16.3. The van der Waals surface area contributed by atoms with E-state index in [0.29, 0.717) is 11.5 Å². The molecule has 0 atom stereocenters. The zero-order valence-electron chi connectivity index (χ0n) is 26.8. The van der Waals surface area contributed by atoms with Gasteiger partial charge in [-0.15, -0.1) is 0 Å². The van der Waals surface area contributed by atoms with Crippen LogP contribution in [-0.4, -0.2) is 20.2 Å². The average molecular weight is 585 g/mol. The van der Waals surface area contributed by atoms with E-state index in [-0.39, 0.29) is 10.8 Å². The van der Waals surface area contributed by atoms with Crippen LogP contribution in [0.4, 0.5) is 0 Å². The second-order valence-corrected chi connectivity index (χ2v) is 14.2. The Morgan fingerprint density at radius 3 is 1.27 bits per heavy atom. The topological polar surface area (TPSA) is 72.0 Å². The van der Waals surface area contributed by atoms with Crippen molar-refractivity contribution in [2.75, 3.05) is 0 Å². The molecule has 0 spiro atoms. The van der Waals surface area contributed by atoms with Gasteiger partial charge in [0.1, 0.15) is 11.5 Å². The fraction of sp³-hybridized carbons (Fsp3) is 0.300. The molecule has 4 nitrogen and oxygen atoms in total. The van der Waals surface area contributed by atoms with E-state index < -0.39 is 0 Å². The minimum atomic E-state index is -0.175. The molecule has 6 rings (SSSR count). The van der Waals surface area contributed by atoms with Crippen molar-refractivity contribution in [3.8, 4) is 34.0 Å². The van der Waals surface area contributed by atoms with Crippen LogP contribution in [0.2, 0.25) is 0 Å².